The second-order valence-electron chi connectivity index (χ2n) is 5.72. The van der Waals surface area contributed by atoms with E-state index in [0.29, 0.717) is 6.04 Å². The number of hydrogen-bond donors (Lipinski definition) is 1. The van der Waals surface area contributed by atoms with Gasteiger partial charge in [0.2, 0.25) is 0 Å². The third-order valence-corrected chi connectivity index (χ3v) is 4.68. The molecule has 1 unspecified atom stereocenters. The van der Waals surface area contributed by atoms with Gasteiger partial charge in [-0.05, 0) is 76.0 Å². The van der Waals surface area contributed by atoms with Gasteiger partial charge in [0.25, 0.3) is 0 Å². The predicted octanol–water partition coefficient (Wildman–Crippen LogP) is 4.29. The van der Waals surface area contributed by atoms with E-state index in [1.54, 1.807) is 0 Å². The zero-order valence-electron chi connectivity index (χ0n) is 12.2. The molecule has 3 heteroatoms. The van der Waals surface area contributed by atoms with Gasteiger partial charge in [0.15, 0.2) is 0 Å². The molecule has 0 aliphatic carbocycles. The summed E-state index contributed by atoms with van der Waals surface area (Å²) in [5, 5.41) is 3.68. The summed E-state index contributed by atoms with van der Waals surface area (Å²) in [5.74, 6) is 0.794. The number of piperidine rings is 1. The van der Waals surface area contributed by atoms with Crippen LogP contribution in [-0.4, -0.2) is 30.6 Å². The van der Waals surface area contributed by atoms with Crippen LogP contribution in [-0.2, 0) is 0 Å². The van der Waals surface area contributed by atoms with Gasteiger partial charge in [0.05, 0.1) is 0 Å². The van der Waals surface area contributed by atoms with Gasteiger partial charge in [0.1, 0.15) is 0 Å². The topological polar surface area (TPSA) is 15.3 Å². The Morgan fingerprint density at radius 3 is 2.58 bits per heavy atom. The molecule has 0 saturated carbocycles. The zero-order valence-corrected chi connectivity index (χ0v) is 13.8. The normalized spacial score (nSPS) is 19.4. The Hall–Kier alpha value is -0.540. The van der Waals surface area contributed by atoms with Crippen LogP contribution in [0.2, 0.25) is 0 Å². The number of nitrogens with zero attached hydrogens (tertiary/aromatic N) is 1. The summed E-state index contributed by atoms with van der Waals surface area (Å²) < 4.78 is 1.16. The minimum atomic E-state index is 0.549. The van der Waals surface area contributed by atoms with Crippen molar-refractivity contribution < 1.29 is 0 Å². The summed E-state index contributed by atoms with van der Waals surface area (Å²) in [6, 6.07) is 7.09. The first-order chi connectivity index (χ1) is 9.08. The third-order valence-electron chi connectivity index (χ3n) is 4.22. The fraction of sp³-hybridized carbons (Fsp3) is 0.625. The zero-order chi connectivity index (χ0) is 13.8. The smallest absolute Gasteiger partial charge is 0.0356 e. The molecule has 1 aromatic rings. The number of aryl methyl sites for hydroxylation is 1. The van der Waals surface area contributed by atoms with E-state index in [9.17, 15) is 0 Å². The van der Waals surface area contributed by atoms with Crippen molar-refractivity contribution in [2.75, 3.05) is 25.0 Å². The Morgan fingerprint density at radius 2 is 2.00 bits per heavy atom. The summed E-state index contributed by atoms with van der Waals surface area (Å²) in [4.78, 5) is 2.55. The van der Waals surface area contributed by atoms with Gasteiger partial charge in [-0.25, -0.2) is 0 Å². The van der Waals surface area contributed by atoms with Gasteiger partial charge < -0.3 is 10.2 Å². The Kier molecular flexibility index (Phi) is 5.28. The van der Waals surface area contributed by atoms with Crippen LogP contribution in [0.4, 0.5) is 5.69 Å². The number of anilines is 1. The first-order valence-electron chi connectivity index (χ1n) is 7.34. The summed E-state index contributed by atoms with van der Waals surface area (Å²) in [6.07, 6.45) is 2.63. The lowest BCUT2D eigenvalue weighted by Gasteiger charge is -2.35. The molecular weight excluding hydrogens is 300 g/mol. The Morgan fingerprint density at radius 1 is 1.32 bits per heavy atom. The van der Waals surface area contributed by atoms with Crippen LogP contribution in [0, 0.1) is 12.8 Å². The molecule has 0 amide bonds. The number of hydrogen-bond acceptors (Lipinski definition) is 2. The van der Waals surface area contributed by atoms with Gasteiger partial charge in [-0.15, -0.1) is 0 Å². The fourth-order valence-electron chi connectivity index (χ4n) is 2.97. The summed E-state index contributed by atoms with van der Waals surface area (Å²) in [5.41, 5.74) is 2.53. The van der Waals surface area contributed by atoms with Gasteiger partial charge in [0, 0.05) is 16.2 Å². The minimum Gasteiger partial charge on any atom is -0.382 e. The van der Waals surface area contributed by atoms with Gasteiger partial charge in [-0.2, -0.15) is 0 Å². The van der Waals surface area contributed by atoms with Crippen LogP contribution >= 0.6 is 15.9 Å². The largest absolute Gasteiger partial charge is 0.382 e. The average Bonchev–Trinajstić information content (AvgIpc) is 2.37. The molecule has 1 saturated heterocycles. The van der Waals surface area contributed by atoms with Crippen molar-refractivity contribution in [1.29, 1.82) is 0 Å². The fourth-order valence-corrected chi connectivity index (χ4v) is 3.58. The molecule has 0 bridgehead atoms. The van der Waals surface area contributed by atoms with Crippen molar-refractivity contribution in [1.82, 2.24) is 4.90 Å². The molecule has 1 aromatic carbocycles. The standard InChI is InChI=1S/C16H25BrN2/c1-4-19-7-5-14(6-8-19)13(3)18-16-10-12(2)9-15(17)11-16/h9-11,13-14,18H,4-8H2,1-3H3. The first kappa shape index (κ1) is 14.9. The highest BCUT2D eigenvalue weighted by atomic mass is 79.9. The monoisotopic (exact) mass is 324 g/mol. The lowest BCUT2D eigenvalue weighted by Crippen LogP contribution is -2.39. The SMILES string of the molecule is CCN1CCC(C(C)Nc2cc(C)cc(Br)c2)CC1. The lowest BCUT2D eigenvalue weighted by molar-refractivity contribution is 0.183. The van der Waals surface area contributed by atoms with Crippen molar-refractivity contribution >= 4 is 21.6 Å². The highest BCUT2D eigenvalue weighted by Crippen LogP contribution is 2.25. The maximum absolute atomic E-state index is 3.68. The van der Waals surface area contributed by atoms with Crippen molar-refractivity contribution in [3.8, 4) is 0 Å². The molecule has 2 nitrogen and oxygen atoms in total. The predicted molar refractivity (Wildman–Crippen MR) is 86.8 cm³/mol. The molecule has 0 spiro atoms. The number of halogens is 1. The molecule has 19 heavy (non-hydrogen) atoms. The molecule has 1 atom stereocenters. The lowest BCUT2D eigenvalue weighted by atomic mass is 9.90. The number of likely N-dealkylation sites (tertiary alicyclic amines) is 1. The maximum atomic E-state index is 3.68. The molecule has 106 valence electrons. The quantitative estimate of drug-likeness (QED) is 0.888. The van der Waals surface area contributed by atoms with Crippen molar-refractivity contribution in [2.24, 2.45) is 5.92 Å². The summed E-state index contributed by atoms with van der Waals surface area (Å²) >= 11 is 3.57. The van der Waals surface area contributed by atoms with E-state index in [1.165, 1.54) is 43.7 Å². The van der Waals surface area contributed by atoms with E-state index in [1.807, 2.05) is 0 Å². The average molecular weight is 325 g/mol. The molecular formula is C16H25BrN2. The van der Waals surface area contributed by atoms with Gasteiger partial charge >= 0.3 is 0 Å². The van der Waals surface area contributed by atoms with Crippen molar-refractivity contribution in [3.05, 3.63) is 28.2 Å². The molecule has 1 fully saturated rings. The third kappa shape index (κ3) is 4.22. The van der Waals surface area contributed by atoms with Gasteiger partial charge in [-0.1, -0.05) is 22.9 Å². The Balaban J connectivity index is 1.92. The van der Waals surface area contributed by atoms with E-state index in [4.69, 9.17) is 0 Å². The van der Waals surface area contributed by atoms with E-state index in [-0.39, 0.29) is 0 Å². The second kappa shape index (κ2) is 6.76. The van der Waals surface area contributed by atoms with Crippen LogP contribution in [0.5, 0.6) is 0 Å². The molecule has 0 aromatic heterocycles. The molecule has 1 heterocycles. The van der Waals surface area contributed by atoms with Gasteiger partial charge in [-0.3, -0.25) is 0 Å². The first-order valence-corrected chi connectivity index (χ1v) is 8.14. The summed E-state index contributed by atoms with van der Waals surface area (Å²) in [6.45, 7) is 10.4. The molecule has 0 radical (unpaired) electrons. The number of rotatable bonds is 4. The molecule has 1 N–H and O–H groups in total. The highest BCUT2D eigenvalue weighted by molar-refractivity contribution is 9.10. The molecule has 2 rings (SSSR count). The van der Waals surface area contributed by atoms with E-state index in [0.717, 1.165) is 10.4 Å². The number of nitrogens with one attached hydrogen (secondary N) is 1. The summed E-state index contributed by atoms with van der Waals surface area (Å²) in [7, 11) is 0. The maximum Gasteiger partial charge on any atom is 0.0356 e. The molecule has 1 aliphatic heterocycles. The van der Waals surface area contributed by atoms with Crippen LogP contribution in [0.25, 0.3) is 0 Å². The number of benzene rings is 1. The molecule has 1 aliphatic rings. The van der Waals surface area contributed by atoms with E-state index < -0.39 is 0 Å². The highest BCUT2D eigenvalue weighted by Gasteiger charge is 2.23. The second-order valence-corrected chi connectivity index (χ2v) is 6.64. The van der Waals surface area contributed by atoms with Crippen LogP contribution in [0.15, 0.2) is 22.7 Å². The van der Waals surface area contributed by atoms with E-state index in [2.05, 4.69) is 65.1 Å². The van der Waals surface area contributed by atoms with Crippen molar-refractivity contribution in [2.45, 2.75) is 39.7 Å². The van der Waals surface area contributed by atoms with Crippen molar-refractivity contribution in [3.63, 3.8) is 0 Å². The van der Waals surface area contributed by atoms with E-state index >= 15 is 0 Å². The minimum absolute atomic E-state index is 0.549. The Bertz CT molecular complexity index is 391. The van der Waals surface area contributed by atoms with Crippen LogP contribution < -0.4 is 5.32 Å². The Labute approximate surface area is 125 Å². The van der Waals surface area contributed by atoms with Crippen LogP contribution in [0.1, 0.15) is 32.3 Å². The van der Waals surface area contributed by atoms with Crippen LogP contribution in [0.3, 0.4) is 0 Å².